The first-order chi connectivity index (χ1) is 14.9. The average molecular weight is 452 g/mol. The molecule has 0 saturated carbocycles. The topological polar surface area (TPSA) is 40.6 Å². The molecule has 0 spiro atoms. The van der Waals surface area contributed by atoms with Gasteiger partial charge in [0, 0.05) is 25.2 Å². The molecule has 0 N–H and O–H groups in total. The number of carbonyl (C=O) groups is 2. The van der Waals surface area contributed by atoms with Gasteiger partial charge in [-0.2, -0.15) is 26.3 Å². The number of alkyl halides is 6. The van der Waals surface area contributed by atoms with E-state index in [-0.39, 0.29) is 22.5 Å². The Morgan fingerprint density at radius 1 is 0.594 bits per heavy atom. The highest BCUT2D eigenvalue weighted by Gasteiger charge is 2.49. The van der Waals surface area contributed by atoms with Crippen LogP contribution in [0, 0.1) is 0 Å². The zero-order valence-corrected chi connectivity index (χ0v) is 16.6. The van der Waals surface area contributed by atoms with E-state index in [0.29, 0.717) is 0 Å². The lowest BCUT2D eigenvalue weighted by atomic mass is 9.97. The van der Waals surface area contributed by atoms with Crippen molar-refractivity contribution in [1.29, 1.82) is 0 Å². The molecule has 0 bridgehead atoms. The standard InChI is InChI=1S/C22H14F6N2O2/c1-29-17(11-7-3-5-9-13(11)21(23,24)25)15-16(19(29)31)18(30(2)20(15)32)12-8-4-6-10-14(12)22(26,27)28/h3-10H,1-2H3. The molecule has 2 aliphatic rings. The largest absolute Gasteiger partial charge is 0.417 e. The van der Waals surface area contributed by atoms with Gasteiger partial charge in [-0.25, -0.2) is 0 Å². The fourth-order valence-corrected chi connectivity index (χ4v) is 4.03. The Morgan fingerprint density at radius 2 is 0.906 bits per heavy atom. The van der Waals surface area contributed by atoms with Crippen molar-refractivity contribution in [2.75, 3.05) is 14.1 Å². The lowest BCUT2D eigenvalue weighted by molar-refractivity contribution is -0.138. The molecule has 2 heterocycles. The summed E-state index contributed by atoms with van der Waals surface area (Å²) in [6.07, 6.45) is -9.56. The summed E-state index contributed by atoms with van der Waals surface area (Å²) in [6, 6.07) is 8.83. The second-order valence-electron chi connectivity index (χ2n) is 7.26. The van der Waals surface area contributed by atoms with E-state index >= 15 is 0 Å². The Hall–Kier alpha value is -3.56. The molecule has 0 fully saturated rings. The highest BCUT2D eigenvalue weighted by molar-refractivity contribution is 6.30. The molecule has 0 saturated heterocycles. The van der Waals surface area contributed by atoms with Crippen LogP contribution in [0.25, 0.3) is 11.4 Å². The third kappa shape index (κ3) is 3.09. The van der Waals surface area contributed by atoms with E-state index in [2.05, 4.69) is 0 Å². The number of hydrogen-bond donors (Lipinski definition) is 0. The van der Waals surface area contributed by atoms with E-state index in [9.17, 15) is 35.9 Å². The Labute approximate surface area is 178 Å². The predicted molar refractivity (Wildman–Crippen MR) is 102 cm³/mol. The molecule has 0 aliphatic carbocycles. The number of rotatable bonds is 2. The predicted octanol–water partition coefficient (Wildman–Crippen LogP) is 4.79. The second-order valence-corrected chi connectivity index (χ2v) is 7.26. The number of halogens is 6. The molecular weight excluding hydrogens is 438 g/mol. The van der Waals surface area contributed by atoms with Crippen molar-refractivity contribution in [3.8, 4) is 0 Å². The fourth-order valence-electron chi connectivity index (χ4n) is 4.03. The van der Waals surface area contributed by atoms with E-state index in [1.165, 1.54) is 38.4 Å². The zero-order valence-electron chi connectivity index (χ0n) is 16.6. The Bertz CT molecular complexity index is 1130. The van der Waals surface area contributed by atoms with Crippen LogP contribution in [0.3, 0.4) is 0 Å². The summed E-state index contributed by atoms with van der Waals surface area (Å²) in [4.78, 5) is 27.8. The molecule has 0 atom stereocenters. The number of amides is 2. The Balaban J connectivity index is 2.06. The van der Waals surface area contributed by atoms with E-state index in [1.807, 2.05) is 0 Å². The molecule has 4 rings (SSSR count). The first kappa shape index (κ1) is 21.7. The molecule has 0 unspecified atom stereocenters. The molecule has 0 radical (unpaired) electrons. The summed E-state index contributed by atoms with van der Waals surface area (Å²) in [5, 5.41) is 0. The zero-order chi connectivity index (χ0) is 23.6. The third-order valence-corrected chi connectivity index (χ3v) is 5.41. The Morgan fingerprint density at radius 3 is 1.22 bits per heavy atom. The number of nitrogens with zero attached hydrogens (tertiary/aromatic N) is 2. The molecule has 166 valence electrons. The van der Waals surface area contributed by atoms with Crippen LogP contribution >= 0.6 is 0 Å². The van der Waals surface area contributed by atoms with E-state index in [0.717, 1.165) is 34.1 Å². The maximum Gasteiger partial charge on any atom is 0.417 e. The quantitative estimate of drug-likeness (QED) is 0.615. The minimum absolute atomic E-state index is 0.297. The van der Waals surface area contributed by atoms with Crippen LogP contribution in [0.4, 0.5) is 26.3 Å². The number of benzene rings is 2. The van der Waals surface area contributed by atoms with Gasteiger partial charge in [0.1, 0.15) is 0 Å². The van der Waals surface area contributed by atoms with Crippen LogP contribution in [-0.4, -0.2) is 35.7 Å². The van der Waals surface area contributed by atoms with Crippen LogP contribution in [0.15, 0.2) is 59.7 Å². The highest BCUT2D eigenvalue weighted by Crippen LogP contribution is 2.49. The number of likely N-dealkylation sites (N-methyl/N-ethyl adjacent to an activating group) is 2. The van der Waals surface area contributed by atoms with Crippen molar-refractivity contribution in [2.24, 2.45) is 0 Å². The molecular formula is C22H14F6N2O2. The maximum atomic E-state index is 13.6. The van der Waals surface area contributed by atoms with Gasteiger partial charge < -0.3 is 9.80 Å². The van der Waals surface area contributed by atoms with Crippen LogP contribution < -0.4 is 0 Å². The molecule has 2 aromatic rings. The summed E-state index contributed by atoms with van der Waals surface area (Å²) >= 11 is 0. The van der Waals surface area contributed by atoms with Gasteiger partial charge in [0.05, 0.1) is 33.7 Å². The minimum Gasteiger partial charge on any atom is -0.310 e. The monoisotopic (exact) mass is 452 g/mol. The first-order valence-electron chi connectivity index (χ1n) is 9.24. The molecule has 2 amide bonds. The fraction of sp³-hybridized carbons (Fsp3) is 0.182. The van der Waals surface area contributed by atoms with Gasteiger partial charge in [0.2, 0.25) is 0 Å². The number of carbonyl (C=O) groups excluding carboxylic acids is 2. The van der Waals surface area contributed by atoms with Crippen molar-refractivity contribution in [2.45, 2.75) is 12.4 Å². The van der Waals surface area contributed by atoms with Crippen LogP contribution in [0.2, 0.25) is 0 Å². The molecule has 0 aromatic heterocycles. The molecule has 2 aliphatic heterocycles. The van der Waals surface area contributed by atoms with Gasteiger partial charge in [0.15, 0.2) is 0 Å². The summed E-state index contributed by atoms with van der Waals surface area (Å²) in [6.45, 7) is 0. The first-order valence-corrected chi connectivity index (χ1v) is 9.24. The van der Waals surface area contributed by atoms with E-state index in [1.54, 1.807) is 0 Å². The molecule has 4 nitrogen and oxygen atoms in total. The van der Waals surface area contributed by atoms with Gasteiger partial charge in [-0.3, -0.25) is 9.59 Å². The Kier molecular flexibility index (Phi) is 4.72. The van der Waals surface area contributed by atoms with Gasteiger partial charge in [-0.1, -0.05) is 36.4 Å². The summed E-state index contributed by atoms with van der Waals surface area (Å²) in [5.74, 6) is -1.73. The van der Waals surface area contributed by atoms with Crippen molar-refractivity contribution < 1.29 is 35.9 Å². The van der Waals surface area contributed by atoms with Crippen LogP contribution in [0.1, 0.15) is 22.3 Å². The lowest BCUT2D eigenvalue weighted by Crippen LogP contribution is -2.26. The normalized spacial score (nSPS) is 17.1. The smallest absolute Gasteiger partial charge is 0.310 e. The third-order valence-electron chi connectivity index (χ3n) is 5.41. The number of fused-ring (bicyclic) bond motifs is 1. The number of hydrogen-bond acceptors (Lipinski definition) is 2. The summed E-state index contributed by atoms with van der Waals surface area (Å²) in [7, 11) is 2.37. The average Bonchev–Trinajstić information content (AvgIpc) is 3.12. The van der Waals surface area contributed by atoms with Gasteiger partial charge in [-0.05, 0) is 12.1 Å². The molecule has 32 heavy (non-hydrogen) atoms. The van der Waals surface area contributed by atoms with Crippen molar-refractivity contribution >= 4 is 23.2 Å². The summed E-state index contributed by atoms with van der Waals surface area (Å²) in [5.41, 5.74) is -4.26. The van der Waals surface area contributed by atoms with Crippen molar-refractivity contribution in [3.05, 3.63) is 81.9 Å². The second kappa shape index (κ2) is 6.98. The van der Waals surface area contributed by atoms with Gasteiger partial charge in [0.25, 0.3) is 11.8 Å². The van der Waals surface area contributed by atoms with Gasteiger partial charge >= 0.3 is 12.4 Å². The van der Waals surface area contributed by atoms with Gasteiger partial charge in [-0.15, -0.1) is 0 Å². The summed E-state index contributed by atoms with van der Waals surface area (Å²) < 4.78 is 81.7. The molecule has 10 heteroatoms. The van der Waals surface area contributed by atoms with E-state index in [4.69, 9.17) is 0 Å². The lowest BCUT2D eigenvalue weighted by Gasteiger charge is -2.23. The maximum absolute atomic E-state index is 13.6. The molecule has 2 aromatic carbocycles. The SMILES string of the molecule is CN1C(=O)C2=C(c3ccccc3C(F)(F)F)N(C)C(=O)C2=C1c1ccccc1C(F)(F)F. The van der Waals surface area contributed by atoms with Crippen molar-refractivity contribution in [1.82, 2.24) is 9.80 Å². The minimum atomic E-state index is -4.78. The van der Waals surface area contributed by atoms with E-state index < -0.39 is 46.4 Å². The van der Waals surface area contributed by atoms with Crippen LogP contribution in [-0.2, 0) is 21.9 Å². The highest BCUT2D eigenvalue weighted by atomic mass is 19.4. The van der Waals surface area contributed by atoms with Crippen LogP contribution in [0.5, 0.6) is 0 Å². The van der Waals surface area contributed by atoms with Crippen molar-refractivity contribution in [3.63, 3.8) is 0 Å².